The van der Waals surface area contributed by atoms with Gasteiger partial charge in [-0.3, -0.25) is 4.98 Å². The van der Waals surface area contributed by atoms with Crippen LogP contribution in [0.25, 0.3) is 0 Å². The summed E-state index contributed by atoms with van der Waals surface area (Å²) >= 11 is 5.11. The molecule has 92 valence electrons. The van der Waals surface area contributed by atoms with Crippen molar-refractivity contribution in [2.24, 2.45) is 11.7 Å². The molecule has 1 aromatic rings. The van der Waals surface area contributed by atoms with Crippen molar-refractivity contribution < 1.29 is 0 Å². The van der Waals surface area contributed by atoms with E-state index in [9.17, 15) is 0 Å². The minimum absolute atomic E-state index is 0.452. The molecule has 2 atom stereocenters. The number of hydrogen-bond donors (Lipinski definition) is 1. The van der Waals surface area contributed by atoms with E-state index in [1.54, 1.807) is 6.20 Å². The number of thiocarbonyl (C=S) groups is 1. The van der Waals surface area contributed by atoms with Gasteiger partial charge in [0.1, 0.15) is 4.99 Å². The Balaban J connectivity index is 2.36. The zero-order valence-corrected chi connectivity index (χ0v) is 11.2. The lowest BCUT2D eigenvalue weighted by molar-refractivity contribution is 0.363. The lowest BCUT2D eigenvalue weighted by atomic mass is 9.91. The third kappa shape index (κ3) is 2.41. The summed E-state index contributed by atoms with van der Waals surface area (Å²) in [5.74, 6) is 0.697. The predicted octanol–water partition coefficient (Wildman–Crippen LogP) is 2.34. The van der Waals surface area contributed by atoms with Crippen LogP contribution in [-0.4, -0.2) is 22.6 Å². The first-order valence-corrected chi connectivity index (χ1v) is 6.52. The van der Waals surface area contributed by atoms with E-state index < -0.39 is 0 Å². The molecular weight excluding hydrogens is 230 g/mol. The van der Waals surface area contributed by atoms with Gasteiger partial charge in [-0.15, -0.1) is 0 Å². The fraction of sp³-hybridized carbons (Fsp3) is 0.538. The van der Waals surface area contributed by atoms with Gasteiger partial charge in [-0.1, -0.05) is 19.1 Å². The standard InChI is InChI=1S/C13H19N3S/c1-9-4-3-7-16(10(9)2)12-8-15-6-5-11(12)13(14)17/h5-6,8-10H,3-4,7H2,1-2H3,(H2,14,17). The lowest BCUT2D eigenvalue weighted by Crippen LogP contribution is -2.43. The Morgan fingerprint density at radius 3 is 3.00 bits per heavy atom. The summed E-state index contributed by atoms with van der Waals surface area (Å²) in [5, 5.41) is 0. The van der Waals surface area contributed by atoms with Crippen LogP contribution >= 0.6 is 12.2 Å². The topological polar surface area (TPSA) is 42.2 Å². The van der Waals surface area contributed by atoms with Gasteiger partial charge in [0.2, 0.25) is 0 Å². The van der Waals surface area contributed by atoms with Crippen LogP contribution in [0.15, 0.2) is 18.5 Å². The minimum Gasteiger partial charge on any atom is -0.389 e. The van der Waals surface area contributed by atoms with E-state index in [-0.39, 0.29) is 0 Å². The molecule has 17 heavy (non-hydrogen) atoms. The van der Waals surface area contributed by atoms with Crippen molar-refractivity contribution in [1.29, 1.82) is 0 Å². The van der Waals surface area contributed by atoms with Crippen LogP contribution in [0, 0.1) is 5.92 Å². The summed E-state index contributed by atoms with van der Waals surface area (Å²) in [6, 6.07) is 2.42. The smallest absolute Gasteiger partial charge is 0.106 e. The van der Waals surface area contributed by atoms with Gasteiger partial charge < -0.3 is 10.6 Å². The molecule has 2 N–H and O–H groups in total. The summed E-state index contributed by atoms with van der Waals surface area (Å²) in [7, 11) is 0. The molecule has 2 rings (SSSR count). The zero-order chi connectivity index (χ0) is 12.4. The van der Waals surface area contributed by atoms with Gasteiger partial charge in [-0.05, 0) is 31.7 Å². The Bertz CT molecular complexity index is 419. The van der Waals surface area contributed by atoms with Crippen LogP contribution in [0.2, 0.25) is 0 Å². The Labute approximate surface area is 108 Å². The predicted molar refractivity (Wildman–Crippen MR) is 75.3 cm³/mol. The summed E-state index contributed by atoms with van der Waals surface area (Å²) < 4.78 is 0. The second-order valence-corrected chi connectivity index (χ2v) is 5.25. The fourth-order valence-corrected chi connectivity index (χ4v) is 2.67. The monoisotopic (exact) mass is 249 g/mol. The Hall–Kier alpha value is -1.16. The molecular formula is C13H19N3S. The third-order valence-corrected chi connectivity index (χ3v) is 3.97. The molecule has 0 aromatic carbocycles. The molecule has 2 heterocycles. The van der Waals surface area contributed by atoms with Crippen LogP contribution in [0.5, 0.6) is 0 Å². The maximum Gasteiger partial charge on any atom is 0.106 e. The van der Waals surface area contributed by atoms with Gasteiger partial charge in [0, 0.05) is 24.3 Å². The van der Waals surface area contributed by atoms with E-state index in [1.165, 1.54) is 12.8 Å². The fourth-order valence-electron chi connectivity index (χ4n) is 2.50. The molecule has 0 aliphatic carbocycles. The Morgan fingerprint density at radius 2 is 2.29 bits per heavy atom. The number of pyridine rings is 1. The number of nitrogens with zero attached hydrogens (tertiary/aromatic N) is 2. The van der Waals surface area contributed by atoms with Gasteiger partial charge in [0.15, 0.2) is 0 Å². The summed E-state index contributed by atoms with van der Waals surface area (Å²) in [6.45, 7) is 5.63. The molecule has 0 bridgehead atoms. The van der Waals surface area contributed by atoms with E-state index in [1.807, 2.05) is 12.3 Å². The van der Waals surface area contributed by atoms with Gasteiger partial charge in [0.25, 0.3) is 0 Å². The number of rotatable bonds is 2. The zero-order valence-electron chi connectivity index (χ0n) is 10.4. The van der Waals surface area contributed by atoms with Crippen LogP contribution in [-0.2, 0) is 0 Å². The van der Waals surface area contributed by atoms with Gasteiger partial charge in [-0.25, -0.2) is 0 Å². The lowest BCUT2D eigenvalue weighted by Gasteiger charge is -2.40. The maximum absolute atomic E-state index is 5.78. The molecule has 1 aliphatic heterocycles. The summed E-state index contributed by atoms with van der Waals surface area (Å²) in [6.07, 6.45) is 6.14. The van der Waals surface area contributed by atoms with E-state index >= 15 is 0 Å². The van der Waals surface area contributed by atoms with Crippen molar-refractivity contribution >= 4 is 22.9 Å². The van der Waals surface area contributed by atoms with Crippen LogP contribution in [0.4, 0.5) is 5.69 Å². The quantitative estimate of drug-likeness (QED) is 0.817. The maximum atomic E-state index is 5.78. The number of piperidine rings is 1. The molecule has 1 aliphatic rings. The molecule has 1 saturated heterocycles. The molecule has 4 heteroatoms. The van der Waals surface area contributed by atoms with Crippen molar-refractivity contribution in [3.05, 3.63) is 24.0 Å². The number of anilines is 1. The molecule has 0 spiro atoms. The summed E-state index contributed by atoms with van der Waals surface area (Å²) in [4.78, 5) is 7.04. The van der Waals surface area contributed by atoms with Gasteiger partial charge in [-0.2, -0.15) is 0 Å². The molecule has 0 radical (unpaired) electrons. The second kappa shape index (κ2) is 5.00. The Morgan fingerprint density at radius 1 is 1.53 bits per heavy atom. The van der Waals surface area contributed by atoms with Crippen molar-refractivity contribution in [2.75, 3.05) is 11.4 Å². The molecule has 0 saturated carbocycles. The molecule has 3 nitrogen and oxygen atoms in total. The van der Waals surface area contributed by atoms with E-state index in [4.69, 9.17) is 18.0 Å². The van der Waals surface area contributed by atoms with Crippen molar-refractivity contribution in [1.82, 2.24) is 4.98 Å². The number of aromatic nitrogens is 1. The average Bonchev–Trinajstić information content (AvgIpc) is 2.33. The van der Waals surface area contributed by atoms with Crippen LogP contribution in [0.3, 0.4) is 0 Å². The van der Waals surface area contributed by atoms with Crippen LogP contribution < -0.4 is 10.6 Å². The van der Waals surface area contributed by atoms with Crippen molar-refractivity contribution in [2.45, 2.75) is 32.7 Å². The van der Waals surface area contributed by atoms with Crippen molar-refractivity contribution in [3.63, 3.8) is 0 Å². The first-order valence-electron chi connectivity index (χ1n) is 6.11. The van der Waals surface area contributed by atoms with E-state index in [0.29, 0.717) is 16.9 Å². The highest BCUT2D eigenvalue weighted by molar-refractivity contribution is 7.80. The molecule has 0 amide bonds. The second-order valence-electron chi connectivity index (χ2n) is 4.81. The summed E-state index contributed by atoms with van der Waals surface area (Å²) in [5.41, 5.74) is 7.80. The highest BCUT2D eigenvalue weighted by Gasteiger charge is 2.26. The number of nitrogens with two attached hydrogens (primary N) is 1. The third-order valence-electron chi connectivity index (χ3n) is 3.75. The highest BCUT2D eigenvalue weighted by atomic mass is 32.1. The highest BCUT2D eigenvalue weighted by Crippen LogP contribution is 2.30. The van der Waals surface area contributed by atoms with Gasteiger partial charge >= 0.3 is 0 Å². The first kappa shape index (κ1) is 12.3. The van der Waals surface area contributed by atoms with Gasteiger partial charge in [0.05, 0.1) is 11.9 Å². The van der Waals surface area contributed by atoms with E-state index in [2.05, 4.69) is 23.7 Å². The van der Waals surface area contributed by atoms with Crippen molar-refractivity contribution in [3.8, 4) is 0 Å². The SMILES string of the molecule is CC1CCCN(c2cnccc2C(N)=S)C1C. The van der Waals surface area contributed by atoms with E-state index in [0.717, 1.165) is 17.8 Å². The first-order chi connectivity index (χ1) is 8.11. The molecule has 1 fully saturated rings. The number of hydrogen-bond acceptors (Lipinski definition) is 3. The minimum atomic E-state index is 0.452. The largest absolute Gasteiger partial charge is 0.389 e. The normalized spacial score (nSPS) is 24.7. The van der Waals surface area contributed by atoms with Crippen LogP contribution in [0.1, 0.15) is 32.3 Å². The Kier molecular flexibility index (Phi) is 3.62. The average molecular weight is 249 g/mol. The molecule has 1 aromatic heterocycles. The molecule has 2 unspecified atom stereocenters.